The number of oxazole rings is 1. The first kappa shape index (κ1) is 33.2. The summed E-state index contributed by atoms with van der Waals surface area (Å²) in [6.45, 7) is 14.3. The van der Waals surface area contributed by atoms with E-state index in [0.29, 0.717) is 24.8 Å². The van der Waals surface area contributed by atoms with E-state index < -0.39 is 38.2 Å². The molecule has 0 aromatic carbocycles. The van der Waals surface area contributed by atoms with E-state index in [1.165, 1.54) is 11.0 Å². The van der Waals surface area contributed by atoms with Gasteiger partial charge in [-0.2, -0.15) is 0 Å². The monoisotopic (exact) mass is 599 g/mol. The molecule has 3 heterocycles. The molecule has 2 amide bonds. The molecule has 2 bridgehead atoms. The van der Waals surface area contributed by atoms with E-state index in [1.807, 2.05) is 40.4 Å². The maximum absolute atomic E-state index is 13.9. The first-order valence-corrected chi connectivity index (χ1v) is 18.2. The Labute approximate surface area is 249 Å². The first-order chi connectivity index (χ1) is 19.7. The highest BCUT2D eigenvalue weighted by atomic mass is 28.3. The zero-order valence-corrected chi connectivity index (χ0v) is 26.8. The molecule has 2 N–H and O–H groups in total. The molecule has 0 radical (unpaired) electrons. The van der Waals surface area contributed by atoms with E-state index >= 15 is 0 Å². The number of carbonyl (C=O) groups is 4. The topological polar surface area (TPSA) is 139 Å². The van der Waals surface area contributed by atoms with Crippen LogP contribution < -0.4 is 10.7 Å². The lowest BCUT2D eigenvalue weighted by atomic mass is 9.94. The zero-order valence-electron chi connectivity index (χ0n) is 25.8. The number of ether oxygens (including phenoxy) is 1. The minimum absolute atomic E-state index is 0.0288. The number of nitrogens with one attached hydrogen (secondary N) is 1. The summed E-state index contributed by atoms with van der Waals surface area (Å²) in [4.78, 5) is 58.4. The summed E-state index contributed by atoms with van der Waals surface area (Å²) in [6, 6.07) is -0.770. The van der Waals surface area contributed by atoms with Crippen LogP contribution in [0.15, 0.2) is 40.4 Å². The van der Waals surface area contributed by atoms with Gasteiger partial charge in [-0.25, -0.2) is 9.78 Å². The number of aromatic nitrogens is 1. The molecule has 11 heteroatoms. The lowest BCUT2D eigenvalue weighted by Gasteiger charge is -2.29. The smallest absolute Gasteiger partial charge is 0.329 e. The summed E-state index contributed by atoms with van der Waals surface area (Å²) in [5, 5.41) is 13.7. The second kappa shape index (κ2) is 14.2. The molecule has 4 atom stereocenters. The molecule has 3 rings (SSSR count). The highest BCUT2D eigenvalue weighted by molar-refractivity contribution is 6.88. The molecule has 1 aromatic rings. The molecule has 1 saturated heterocycles. The van der Waals surface area contributed by atoms with Crippen LogP contribution in [0.2, 0.25) is 19.6 Å². The molecule has 2 aliphatic rings. The van der Waals surface area contributed by atoms with E-state index in [-0.39, 0.29) is 54.5 Å². The third-order valence-corrected chi connectivity index (χ3v) is 9.04. The molecule has 10 nitrogen and oxygen atoms in total. The molecule has 2 aliphatic heterocycles. The number of ketones is 1. The van der Waals surface area contributed by atoms with Gasteiger partial charge in [-0.1, -0.05) is 70.3 Å². The Kier molecular flexibility index (Phi) is 11.3. The van der Waals surface area contributed by atoms with Gasteiger partial charge in [0.25, 0.3) is 5.91 Å². The summed E-state index contributed by atoms with van der Waals surface area (Å²) >= 11 is 0. The van der Waals surface area contributed by atoms with Crippen LogP contribution in [0.25, 0.3) is 0 Å². The molecular formula is C31H45N3O7Si. The maximum atomic E-state index is 13.9. The summed E-state index contributed by atoms with van der Waals surface area (Å²) in [6.07, 6.45) is 7.51. The second-order valence-corrected chi connectivity index (χ2v) is 17.6. The van der Waals surface area contributed by atoms with Crippen molar-refractivity contribution in [2.24, 2.45) is 11.8 Å². The lowest BCUT2D eigenvalue weighted by Crippen LogP contribution is -2.47. The summed E-state index contributed by atoms with van der Waals surface area (Å²) in [5.41, 5.74) is 0.873. The predicted molar refractivity (Wildman–Crippen MR) is 162 cm³/mol. The fraction of sp³-hybridized carbons (Fsp3) is 0.581. The Bertz CT molecular complexity index is 1260. The maximum Gasteiger partial charge on any atom is 0.329 e. The number of carbonyl (C=O) groups excluding carboxylic acids is 4. The Balaban J connectivity index is 1.98. The van der Waals surface area contributed by atoms with Gasteiger partial charge in [0.1, 0.15) is 31.4 Å². The number of allylic oxidation sites excluding steroid dienone is 2. The number of fused-ring (bicyclic) bond motifs is 3. The van der Waals surface area contributed by atoms with Gasteiger partial charge in [-0.15, -0.1) is 0 Å². The van der Waals surface area contributed by atoms with Crippen molar-refractivity contribution in [2.75, 3.05) is 13.1 Å². The largest absolute Gasteiger partial charge is 0.460 e. The predicted octanol–water partition coefficient (Wildman–Crippen LogP) is 3.08. The molecule has 1 fully saturated rings. The van der Waals surface area contributed by atoms with E-state index in [1.54, 1.807) is 31.2 Å². The normalized spacial score (nSPS) is 26.5. The molecule has 230 valence electrons. The Morgan fingerprint density at radius 3 is 2.52 bits per heavy atom. The number of Topliss-reactive ketones (excluding diaryl/α,β-unsaturated/α-hetero) is 1. The second-order valence-electron chi connectivity index (χ2n) is 12.6. The van der Waals surface area contributed by atoms with Gasteiger partial charge in [-0.3, -0.25) is 14.4 Å². The number of nitrogens with zero attached hydrogens (tertiary/aromatic N) is 2. The molecule has 42 heavy (non-hydrogen) atoms. The molecule has 0 spiro atoms. The molecule has 1 aromatic heterocycles. The van der Waals surface area contributed by atoms with Crippen molar-refractivity contribution in [1.29, 1.82) is 0 Å². The molecular weight excluding hydrogens is 554 g/mol. The third kappa shape index (κ3) is 8.84. The van der Waals surface area contributed by atoms with Gasteiger partial charge in [0.15, 0.2) is 5.69 Å². The van der Waals surface area contributed by atoms with Crippen molar-refractivity contribution in [2.45, 2.75) is 91.3 Å². The van der Waals surface area contributed by atoms with Crippen molar-refractivity contribution >= 4 is 37.0 Å². The van der Waals surface area contributed by atoms with Gasteiger partial charge in [0.2, 0.25) is 11.8 Å². The zero-order chi connectivity index (χ0) is 31.2. The van der Waals surface area contributed by atoms with Crippen LogP contribution in [0.3, 0.4) is 0 Å². The van der Waals surface area contributed by atoms with Gasteiger partial charge < -0.3 is 24.5 Å². The van der Waals surface area contributed by atoms with Crippen LogP contribution in [-0.4, -0.2) is 78.0 Å². The molecule has 0 saturated carbocycles. The van der Waals surface area contributed by atoms with Gasteiger partial charge in [-0.05, 0) is 31.8 Å². The minimum atomic E-state index is -2.21. The highest BCUT2D eigenvalue weighted by Crippen LogP contribution is 2.25. The van der Waals surface area contributed by atoms with Gasteiger partial charge in [0, 0.05) is 25.4 Å². The van der Waals surface area contributed by atoms with Crippen molar-refractivity contribution in [3.8, 4) is 0 Å². The van der Waals surface area contributed by atoms with E-state index in [2.05, 4.69) is 10.3 Å². The standard InChI is InChI=1S/C31H45N3O7Si/c1-19(2)28-21(4)12-13-25(37)32-14-8-10-20(3)16-22(35)17-23(36)18-26-33-27(31(40-26)42(5,6)7)29(38)34-15-9-11-24(34)30(39)41-28/h8,10,12-13,16,19,21-22,24,28,35H,9,11,14-15,17-18H2,1-7H3,(H,32,37)/b10-8?,13-12+,20-16?/t21-,22-,24-,28-/m1/s1. The summed E-state index contributed by atoms with van der Waals surface area (Å²) < 4.78 is 12.0. The van der Waals surface area contributed by atoms with Crippen LogP contribution >= 0.6 is 0 Å². The van der Waals surface area contributed by atoms with E-state index in [4.69, 9.17) is 9.15 Å². The third-order valence-electron chi connectivity index (χ3n) is 7.33. The van der Waals surface area contributed by atoms with Crippen molar-refractivity contribution in [1.82, 2.24) is 15.2 Å². The quantitative estimate of drug-likeness (QED) is 0.391. The number of rotatable bonds is 2. The fourth-order valence-electron chi connectivity index (χ4n) is 5.25. The minimum Gasteiger partial charge on any atom is -0.460 e. The number of aliphatic hydroxyl groups is 1. The Hall–Kier alpha value is -3.31. The van der Waals surface area contributed by atoms with Gasteiger partial charge in [0.05, 0.1) is 12.5 Å². The van der Waals surface area contributed by atoms with Crippen molar-refractivity contribution < 1.29 is 33.4 Å². The van der Waals surface area contributed by atoms with Gasteiger partial charge >= 0.3 is 5.97 Å². The number of aliphatic hydroxyl groups excluding tert-OH is 1. The van der Waals surface area contributed by atoms with Crippen LogP contribution in [0, 0.1) is 11.8 Å². The van der Waals surface area contributed by atoms with E-state index in [9.17, 15) is 24.3 Å². The number of amides is 2. The Morgan fingerprint density at radius 1 is 1.14 bits per heavy atom. The van der Waals surface area contributed by atoms with Crippen molar-refractivity contribution in [3.05, 3.63) is 47.5 Å². The number of hydrogen-bond acceptors (Lipinski definition) is 8. The summed E-state index contributed by atoms with van der Waals surface area (Å²) in [5.74, 6) is -1.62. The average molecular weight is 600 g/mol. The number of hydrogen-bond donors (Lipinski definition) is 2. The van der Waals surface area contributed by atoms with Crippen LogP contribution in [0.1, 0.15) is 63.3 Å². The molecule has 0 aliphatic carbocycles. The SMILES string of the molecule is CC1=C[C@@H](O)CC(=O)Cc2nc(c([Si](C)(C)C)o2)C(=O)N2CCC[C@@H]2C(=O)O[C@H](C(C)C)[C@H](C)/C=C/C(=O)NCC=C1. The highest BCUT2D eigenvalue weighted by Gasteiger charge is 2.41. The van der Waals surface area contributed by atoms with Crippen LogP contribution in [-0.2, 0) is 25.5 Å². The molecule has 0 unspecified atom stereocenters. The van der Waals surface area contributed by atoms with Crippen LogP contribution in [0.5, 0.6) is 0 Å². The van der Waals surface area contributed by atoms with Crippen LogP contribution in [0.4, 0.5) is 0 Å². The Morgan fingerprint density at radius 2 is 1.86 bits per heavy atom. The van der Waals surface area contributed by atoms with E-state index in [0.717, 1.165) is 5.57 Å². The summed E-state index contributed by atoms with van der Waals surface area (Å²) in [7, 11) is -2.21. The fourth-order valence-corrected chi connectivity index (χ4v) is 6.55. The number of esters is 1. The average Bonchev–Trinajstić information content (AvgIpc) is 3.54. The van der Waals surface area contributed by atoms with Crippen molar-refractivity contribution in [3.63, 3.8) is 0 Å². The number of cyclic esters (lactones) is 1. The first-order valence-electron chi connectivity index (χ1n) is 14.7. The lowest BCUT2D eigenvalue weighted by molar-refractivity contribution is -0.158.